The number of hydrogen-bond acceptors (Lipinski definition) is 6. The molecule has 0 heterocycles. The second-order valence-electron chi connectivity index (χ2n) is 12.2. The molecule has 0 saturated heterocycles. The molecular weight excluding hydrogens is 468 g/mol. The van der Waals surface area contributed by atoms with Gasteiger partial charge in [-0.05, 0) is 65.5 Å². The zero-order valence-electron chi connectivity index (χ0n) is 25.2. The topological polar surface area (TPSA) is 68.3 Å². The Bertz CT molecular complexity index is 789. The SMILES string of the molecule is CCCC1=C(C)[C@@H]2CC[C@H]1C[C@@]2(CCN(C)CCCN(C)C(=O)C(C)(COC)COC)OC(=O)C(C)C. The van der Waals surface area contributed by atoms with Crippen molar-refractivity contribution in [3.8, 4) is 0 Å². The first-order valence-corrected chi connectivity index (χ1v) is 14.3. The molecule has 3 aliphatic rings. The standard InChI is InChI=1S/C30H54N2O5/c1-10-12-25-23(4)26-14-13-24(25)19-30(26,37-27(33)22(2)3)15-18-31(6)16-11-17-32(7)28(34)29(5,20-35-8)21-36-9/h22,24,26H,10-21H2,1-9H3/t24-,26-,30+/m0/s1. The van der Waals surface area contributed by atoms with E-state index in [0.29, 0.717) is 31.6 Å². The van der Waals surface area contributed by atoms with Crippen LogP contribution in [0.2, 0.25) is 0 Å². The number of nitrogens with zero attached hydrogens (tertiary/aromatic N) is 2. The third-order valence-electron chi connectivity index (χ3n) is 8.59. The summed E-state index contributed by atoms with van der Waals surface area (Å²) in [5, 5.41) is 0. The van der Waals surface area contributed by atoms with Crippen LogP contribution in [0.1, 0.15) is 79.6 Å². The average molecular weight is 523 g/mol. The molecular formula is C30H54N2O5. The largest absolute Gasteiger partial charge is 0.458 e. The van der Waals surface area contributed by atoms with Crippen molar-refractivity contribution < 1.29 is 23.8 Å². The van der Waals surface area contributed by atoms with Crippen LogP contribution < -0.4 is 0 Å². The summed E-state index contributed by atoms with van der Waals surface area (Å²) in [6.45, 7) is 13.4. The van der Waals surface area contributed by atoms with E-state index in [-0.39, 0.29) is 17.8 Å². The molecule has 0 aliphatic heterocycles. The van der Waals surface area contributed by atoms with Gasteiger partial charge in [-0.1, -0.05) is 38.3 Å². The number of esters is 1. The van der Waals surface area contributed by atoms with Crippen LogP contribution in [-0.4, -0.2) is 88.4 Å². The number of ether oxygens (including phenoxy) is 3. The van der Waals surface area contributed by atoms with Gasteiger partial charge in [0.2, 0.25) is 5.91 Å². The first-order chi connectivity index (χ1) is 17.4. The maximum atomic E-state index is 13.0. The van der Waals surface area contributed by atoms with Crippen LogP contribution in [0.5, 0.6) is 0 Å². The summed E-state index contributed by atoms with van der Waals surface area (Å²) in [6.07, 6.45) is 7.37. The van der Waals surface area contributed by atoms with E-state index in [4.69, 9.17) is 14.2 Å². The maximum absolute atomic E-state index is 13.0. The molecule has 1 saturated carbocycles. The summed E-state index contributed by atoms with van der Waals surface area (Å²) >= 11 is 0. The highest BCUT2D eigenvalue weighted by atomic mass is 16.6. The summed E-state index contributed by atoms with van der Waals surface area (Å²) < 4.78 is 17.0. The number of allylic oxidation sites excluding steroid dienone is 1. The fourth-order valence-corrected chi connectivity index (χ4v) is 6.61. The van der Waals surface area contributed by atoms with E-state index in [1.54, 1.807) is 24.7 Å². The van der Waals surface area contributed by atoms with E-state index in [2.05, 4.69) is 25.8 Å². The number of methoxy groups -OCH3 is 2. The fraction of sp³-hybridized carbons (Fsp3) is 0.867. The van der Waals surface area contributed by atoms with Gasteiger partial charge in [0.15, 0.2) is 0 Å². The highest BCUT2D eigenvalue weighted by Gasteiger charge is 2.52. The molecule has 0 spiro atoms. The highest BCUT2D eigenvalue weighted by molar-refractivity contribution is 5.82. The lowest BCUT2D eigenvalue weighted by atomic mass is 9.58. The molecule has 0 aromatic rings. The Morgan fingerprint density at radius 1 is 1.08 bits per heavy atom. The minimum Gasteiger partial charge on any atom is -0.458 e. The second kappa shape index (κ2) is 14.1. The highest BCUT2D eigenvalue weighted by Crippen LogP contribution is 2.54. The fourth-order valence-electron chi connectivity index (χ4n) is 6.61. The Labute approximate surface area is 226 Å². The Morgan fingerprint density at radius 2 is 1.73 bits per heavy atom. The molecule has 3 atom stereocenters. The minimum atomic E-state index is -0.681. The molecule has 0 aromatic heterocycles. The van der Waals surface area contributed by atoms with E-state index in [1.165, 1.54) is 24.8 Å². The Hall–Kier alpha value is -1.44. The Kier molecular flexibility index (Phi) is 12.1. The van der Waals surface area contributed by atoms with Gasteiger partial charge in [0.05, 0.1) is 24.5 Å². The van der Waals surface area contributed by atoms with Gasteiger partial charge in [-0.25, -0.2) is 0 Å². The van der Waals surface area contributed by atoms with E-state index < -0.39 is 11.0 Å². The summed E-state index contributed by atoms with van der Waals surface area (Å²) in [6, 6.07) is 0. The van der Waals surface area contributed by atoms with E-state index in [1.807, 2.05) is 27.8 Å². The predicted octanol–water partition coefficient (Wildman–Crippen LogP) is 4.94. The number of amides is 1. The minimum absolute atomic E-state index is 0.0433. The summed E-state index contributed by atoms with van der Waals surface area (Å²) in [5.41, 5.74) is 2.04. The quantitative estimate of drug-likeness (QED) is 0.211. The molecule has 7 heteroatoms. The van der Waals surface area contributed by atoms with Gasteiger partial charge in [0.1, 0.15) is 5.60 Å². The van der Waals surface area contributed by atoms with Gasteiger partial charge in [-0.15, -0.1) is 0 Å². The van der Waals surface area contributed by atoms with Crippen molar-refractivity contribution in [1.29, 1.82) is 0 Å². The molecule has 1 amide bonds. The molecule has 0 unspecified atom stereocenters. The number of carbonyl (C=O) groups excluding carboxylic acids is 2. The normalized spacial score (nSPS) is 23.8. The van der Waals surface area contributed by atoms with Crippen molar-refractivity contribution in [2.75, 3.05) is 61.2 Å². The smallest absolute Gasteiger partial charge is 0.308 e. The van der Waals surface area contributed by atoms with Gasteiger partial charge in [0.25, 0.3) is 0 Å². The maximum Gasteiger partial charge on any atom is 0.308 e. The van der Waals surface area contributed by atoms with E-state index in [0.717, 1.165) is 38.8 Å². The number of hydrogen-bond donors (Lipinski definition) is 0. The molecule has 3 rings (SSSR count). The number of fused-ring (bicyclic) bond motifs is 2. The van der Waals surface area contributed by atoms with Crippen LogP contribution in [0.25, 0.3) is 0 Å². The molecule has 2 bridgehead atoms. The van der Waals surface area contributed by atoms with Crippen molar-refractivity contribution in [3.63, 3.8) is 0 Å². The van der Waals surface area contributed by atoms with Crippen LogP contribution in [-0.2, 0) is 23.8 Å². The van der Waals surface area contributed by atoms with Crippen molar-refractivity contribution in [3.05, 3.63) is 11.1 Å². The second-order valence-corrected chi connectivity index (χ2v) is 12.2. The van der Waals surface area contributed by atoms with Gasteiger partial charge < -0.3 is 24.0 Å². The molecule has 3 aliphatic carbocycles. The molecule has 0 radical (unpaired) electrons. The van der Waals surface area contributed by atoms with E-state index >= 15 is 0 Å². The van der Waals surface area contributed by atoms with Crippen LogP contribution >= 0.6 is 0 Å². The third kappa shape index (κ3) is 7.79. The van der Waals surface area contributed by atoms with Gasteiger partial charge in [0, 0.05) is 46.7 Å². The average Bonchev–Trinajstić information content (AvgIpc) is 2.84. The van der Waals surface area contributed by atoms with Crippen molar-refractivity contribution in [2.45, 2.75) is 85.2 Å². The number of rotatable bonds is 16. The molecule has 1 fully saturated rings. The Morgan fingerprint density at radius 3 is 2.27 bits per heavy atom. The summed E-state index contributed by atoms with van der Waals surface area (Å²) in [7, 11) is 7.21. The third-order valence-corrected chi connectivity index (χ3v) is 8.59. The zero-order chi connectivity index (χ0) is 27.8. The first-order valence-electron chi connectivity index (χ1n) is 14.3. The summed E-state index contributed by atoms with van der Waals surface area (Å²) in [5.74, 6) is 0.725. The molecule has 214 valence electrons. The van der Waals surface area contributed by atoms with Crippen molar-refractivity contribution in [2.24, 2.45) is 23.2 Å². The van der Waals surface area contributed by atoms with Crippen LogP contribution in [0.3, 0.4) is 0 Å². The van der Waals surface area contributed by atoms with Gasteiger partial charge >= 0.3 is 5.97 Å². The Balaban J connectivity index is 2.00. The van der Waals surface area contributed by atoms with Crippen molar-refractivity contribution >= 4 is 11.9 Å². The lowest BCUT2D eigenvalue weighted by molar-refractivity contribution is -0.178. The zero-order valence-corrected chi connectivity index (χ0v) is 25.2. The number of carbonyl (C=O) groups is 2. The van der Waals surface area contributed by atoms with Crippen LogP contribution in [0, 0.1) is 23.2 Å². The lowest BCUT2D eigenvalue weighted by Crippen LogP contribution is -2.53. The molecule has 0 N–H and O–H groups in total. The van der Waals surface area contributed by atoms with Gasteiger partial charge in [-0.2, -0.15) is 0 Å². The van der Waals surface area contributed by atoms with Crippen LogP contribution in [0.4, 0.5) is 0 Å². The monoisotopic (exact) mass is 522 g/mol. The molecule has 0 aromatic carbocycles. The lowest BCUT2D eigenvalue weighted by Gasteiger charge is -2.53. The summed E-state index contributed by atoms with van der Waals surface area (Å²) in [4.78, 5) is 30.0. The van der Waals surface area contributed by atoms with Crippen LogP contribution in [0.15, 0.2) is 11.1 Å². The molecule has 37 heavy (non-hydrogen) atoms. The van der Waals surface area contributed by atoms with Crippen molar-refractivity contribution in [1.82, 2.24) is 9.80 Å². The van der Waals surface area contributed by atoms with Gasteiger partial charge in [-0.3, -0.25) is 9.59 Å². The molecule has 7 nitrogen and oxygen atoms in total. The first kappa shape index (κ1) is 31.8. The predicted molar refractivity (Wildman–Crippen MR) is 148 cm³/mol. The van der Waals surface area contributed by atoms with E-state index in [9.17, 15) is 9.59 Å².